The predicted octanol–water partition coefficient (Wildman–Crippen LogP) is 3.14. The van der Waals surface area contributed by atoms with E-state index in [9.17, 15) is 10.1 Å². The fourth-order valence-electron chi connectivity index (χ4n) is 1.34. The molecule has 0 aliphatic carbocycles. The van der Waals surface area contributed by atoms with Crippen LogP contribution >= 0.6 is 11.6 Å². The number of rotatable bonds is 3. The van der Waals surface area contributed by atoms with Gasteiger partial charge in [-0.25, -0.2) is 9.97 Å². The molecule has 0 aliphatic rings. The maximum absolute atomic E-state index is 10.9. The summed E-state index contributed by atoms with van der Waals surface area (Å²) >= 11 is 5.67. The highest BCUT2D eigenvalue weighted by Crippen LogP contribution is 2.31. The number of nitro groups is 1. The molecule has 0 saturated carbocycles. The lowest BCUT2D eigenvalue weighted by molar-refractivity contribution is -0.385. The van der Waals surface area contributed by atoms with Crippen LogP contribution in [0, 0.1) is 17.0 Å². The molecule has 0 N–H and O–H groups in total. The standard InChI is InChI=1S/C11H8ClN3O3/c1-7-2-3-9(8(4-7)15(16)17)18-11-5-10(12)13-6-14-11/h2-6H,1H3. The van der Waals surface area contributed by atoms with Crippen LogP contribution in [0.15, 0.2) is 30.6 Å². The summed E-state index contributed by atoms with van der Waals surface area (Å²) in [4.78, 5) is 17.9. The van der Waals surface area contributed by atoms with Crippen LogP contribution in [0.5, 0.6) is 11.6 Å². The second-order valence-electron chi connectivity index (χ2n) is 3.51. The lowest BCUT2D eigenvalue weighted by atomic mass is 10.2. The first kappa shape index (κ1) is 12.3. The molecule has 7 heteroatoms. The normalized spacial score (nSPS) is 10.1. The van der Waals surface area contributed by atoms with E-state index in [-0.39, 0.29) is 22.5 Å². The zero-order valence-electron chi connectivity index (χ0n) is 9.33. The molecule has 6 nitrogen and oxygen atoms in total. The summed E-state index contributed by atoms with van der Waals surface area (Å²) in [5, 5.41) is 11.1. The van der Waals surface area contributed by atoms with Crippen molar-refractivity contribution < 1.29 is 9.66 Å². The van der Waals surface area contributed by atoms with Crippen molar-refractivity contribution in [2.24, 2.45) is 0 Å². The summed E-state index contributed by atoms with van der Waals surface area (Å²) in [6, 6.07) is 6.04. The Hall–Kier alpha value is -2.21. The van der Waals surface area contributed by atoms with Gasteiger partial charge in [0.1, 0.15) is 11.5 Å². The molecule has 1 aromatic carbocycles. The molecule has 2 rings (SSSR count). The SMILES string of the molecule is Cc1ccc(Oc2cc(Cl)ncn2)c([N+](=O)[O-])c1. The summed E-state index contributed by atoms with van der Waals surface area (Å²) in [5.74, 6) is 0.266. The summed E-state index contributed by atoms with van der Waals surface area (Å²) in [7, 11) is 0. The van der Waals surface area contributed by atoms with Gasteiger partial charge in [-0.3, -0.25) is 10.1 Å². The average molecular weight is 266 g/mol. The van der Waals surface area contributed by atoms with Crippen LogP contribution in [0.4, 0.5) is 5.69 Å². The predicted molar refractivity (Wildman–Crippen MR) is 64.9 cm³/mol. The number of halogens is 1. The second kappa shape index (κ2) is 4.97. The van der Waals surface area contributed by atoms with Gasteiger partial charge in [0.05, 0.1) is 4.92 Å². The Morgan fingerprint density at radius 2 is 2.11 bits per heavy atom. The molecule has 0 amide bonds. The molecule has 0 unspecified atom stereocenters. The van der Waals surface area contributed by atoms with Crippen LogP contribution in [0.25, 0.3) is 0 Å². The third-order valence-corrected chi connectivity index (χ3v) is 2.34. The molecule has 18 heavy (non-hydrogen) atoms. The molecule has 1 aromatic heterocycles. The molecule has 0 saturated heterocycles. The highest BCUT2D eigenvalue weighted by molar-refractivity contribution is 6.29. The molecule has 0 atom stereocenters. The van der Waals surface area contributed by atoms with Crippen LogP contribution in [-0.4, -0.2) is 14.9 Å². The molecule has 1 heterocycles. The molecule has 0 spiro atoms. The Morgan fingerprint density at radius 3 is 2.78 bits per heavy atom. The fraction of sp³-hybridized carbons (Fsp3) is 0.0909. The maximum Gasteiger partial charge on any atom is 0.311 e. The number of hydrogen-bond donors (Lipinski definition) is 0. The van der Waals surface area contributed by atoms with E-state index in [4.69, 9.17) is 16.3 Å². The number of benzene rings is 1. The number of nitrogens with zero attached hydrogens (tertiary/aromatic N) is 3. The van der Waals surface area contributed by atoms with Crippen molar-refractivity contribution in [3.05, 3.63) is 51.4 Å². The molecule has 0 aliphatic heterocycles. The Bertz CT molecular complexity index is 604. The number of nitro benzene ring substituents is 1. The zero-order valence-corrected chi connectivity index (χ0v) is 10.1. The number of aromatic nitrogens is 2. The fourth-order valence-corrected chi connectivity index (χ4v) is 1.48. The lowest BCUT2D eigenvalue weighted by Gasteiger charge is -2.05. The summed E-state index contributed by atoms with van der Waals surface area (Å²) < 4.78 is 5.33. The van der Waals surface area contributed by atoms with E-state index in [1.54, 1.807) is 13.0 Å². The van der Waals surface area contributed by atoms with Crippen LogP contribution < -0.4 is 4.74 Å². The summed E-state index contributed by atoms with van der Waals surface area (Å²) in [6.07, 6.45) is 1.22. The van der Waals surface area contributed by atoms with Gasteiger partial charge in [0.25, 0.3) is 0 Å². The number of aryl methyl sites for hydroxylation is 1. The first-order valence-electron chi connectivity index (χ1n) is 4.96. The first-order chi connectivity index (χ1) is 8.56. The van der Waals surface area contributed by atoms with Crippen molar-refractivity contribution in [3.8, 4) is 11.6 Å². The van der Waals surface area contributed by atoms with Gasteiger partial charge in [0.15, 0.2) is 0 Å². The second-order valence-corrected chi connectivity index (χ2v) is 3.90. The molecule has 2 aromatic rings. The molecule has 0 bridgehead atoms. The van der Waals surface area contributed by atoms with Crippen LogP contribution in [-0.2, 0) is 0 Å². The monoisotopic (exact) mass is 265 g/mol. The highest BCUT2D eigenvalue weighted by atomic mass is 35.5. The number of hydrogen-bond acceptors (Lipinski definition) is 5. The summed E-state index contributed by atoms with van der Waals surface area (Å²) in [5.41, 5.74) is 0.652. The topological polar surface area (TPSA) is 78.2 Å². The van der Waals surface area contributed by atoms with Gasteiger partial charge in [-0.05, 0) is 18.6 Å². The van der Waals surface area contributed by atoms with Gasteiger partial charge in [0, 0.05) is 12.1 Å². The van der Waals surface area contributed by atoms with Gasteiger partial charge in [-0.1, -0.05) is 17.7 Å². The van der Waals surface area contributed by atoms with Crippen molar-refractivity contribution in [1.82, 2.24) is 9.97 Å². The Labute approximate surface area is 107 Å². The quantitative estimate of drug-likeness (QED) is 0.484. The third kappa shape index (κ3) is 2.72. The number of ether oxygens (including phenoxy) is 1. The largest absolute Gasteiger partial charge is 0.432 e. The van der Waals surface area contributed by atoms with Gasteiger partial charge in [-0.2, -0.15) is 0 Å². The van der Waals surface area contributed by atoms with Gasteiger partial charge >= 0.3 is 5.69 Å². The van der Waals surface area contributed by atoms with E-state index in [0.29, 0.717) is 0 Å². The van der Waals surface area contributed by atoms with E-state index in [1.165, 1.54) is 24.5 Å². The van der Waals surface area contributed by atoms with Crippen LogP contribution in [0.1, 0.15) is 5.56 Å². The van der Waals surface area contributed by atoms with Crippen molar-refractivity contribution in [2.75, 3.05) is 0 Å². The molecular formula is C11H8ClN3O3. The first-order valence-corrected chi connectivity index (χ1v) is 5.34. The summed E-state index contributed by atoms with van der Waals surface area (Å²) in [6.45, 7) is 1.76. The highest BCUT2D eigenvalue weighted by Gasteiger charge is 2.16. The molecule has 92 valence electrons. The average Bonchev–Trinajstić information content (AvgIpc) is 2.31. The van der Waals surface area contributed by atoms with Gasteiger partial charge in [-0.15, -0.1) is 0 Å². The van der Waals surface area contributed by atoms with Crippen molar-refractivity contribution >= 4 is 17.3 Å². The van der Waals surface area contributed by atoms with Crippen molar-refractivity contribution in [2.45, 2.75) is 6.92 Å². The van der Waals surface area contributed by atoms with Crippen LogP contribution in [0.3, 0.4) is 0 Å². The van der Waals surface area contributed by atoms with Gasteiger partial charge < -0.3 is 4.74 Å². The van der Waals surface area contributed by atoms with Gasteiger partial charge in [0.2, 0.25) is 11.6 Å². The molecule has 0 fully saturated rings. The minimum Gasteiger partial charge on any atom is -0.432 e. The van der Waals surface area contributed by atoms with Crippen molar-refractivity contribution in [3.63, 3.8) is 0 Å². The third-order valence-electron chi connectivity index (χ3n) is 2.13. The maximum atomic E-state index is 10.9. The Morgan fingerprint density at radius 1 is 1.33 bits per heavy atom. The van der Waals surface area contributed by atoms with E-state index in [2.05, 4.69) is 9.97 Å². The molecular weight excluding hydrogens is 258 g/mol. The minimum absolute atomic E-state index is 0.111. The smallest absolute Gasteiger partial charge is 0.311 e. The van der Waals surface area contributed by atoms with Crippen LogP contribution in [0.2, 0.25) is 5.15 Å². The lowest BCUT2D eigenvalue weighted by Crippen LogP contribution is -1.95. The van der Waals surface area contributed by atoms with E-state index in [0.717, 1.165) is 5.56 Å². The minimum atomic E-state index is -0.509. The zero-order chi connectivity index (χ0) is 13.1. The molecule has 0 radical (unpaired) electrons. The Balaban J connectivity index is 2.37. The van der Waals surface area contributed by atoms with E-state index < -0.39 is 4.92 Å². The van der Waals surface area contributed by atoms with Crippen molar-refractivity contribution in [1.29, 1.82) is 0 Å². The Kier molecular flexibility index (Phi) is 3.38. The van der Waals surface area contributed by atoms with E-state index >= 15 is 0 Å². The van der Waals surface area contributed by atoms with E-state index in [1.807, 2.05) is 0 Å².